The van der Waals surface area contributed by atoms with Gasteiger partial charge in [0, 0.05) is 13.1 Å². The van der Waals surface area contributed by atoms with Crippen LogP contribution in [0.1, 0.15) is 32.4 Å². The topological polar surface area (TPSA) is 29.0 Å². The van der Waals surface area contributed by atoms with E-state index >= 15 is 0 Å². The fourth-order valence-corrected chi connectivity index (χ4v) is 1.66. The molecule has 17 heavy (non-hydrogen) atoms. The molecule has 1 aromatic heterocycles. The van der Waals surface area contributed by atoms with E-state index in [1.54, 1.807) is 4.90 Å². The van der Waals surface area contributed by atoms with Gasteiger partial charge in [-0.15, -0.1) is 0 Å². The van der Waals surface area contributed by atoms with Gasteiger partial charge in [-0.3, -0.25) is 0 Å². The molecule has 0 aromatic carbocycles. The molecule has 1 heterocycles. The van der Waals surface area contributed by atoms with Crippen LogP contribution in [0.15, 0.2) is 12.5 Å². The summed E-state index contributed by atoms with van der Waals surface area (Å²) in [6.07, 6.45) is -0.695. The molecule has 0 aliphatic heterocycles. The van der Waals surface area contributed by atoms with Crippen LogP contribution in [-0.2, 0) is 6.18 Å². The van der Waals surface area contributed by atoms with Gasteiger partial charge in [0.05, 0.1) is 11.9 Å². The smallest absolute Gasteiger partial charge is 0.369 e. The maximum absolute atomic E-state index is 12.8. The summed E-state index contributed by atoms with van der Waals surface area (Å²) in [7, 11) is 0. The minimum absolute atomic E-state index is 0.0729. The van der Waals surface area contributed by atoms with Crippen molar-refractivity contribution in [3.05, 3.63) is 18.2 Å². The van der Waals surface area contributed by atoms with Crippen molar-refractivity contribution in [1.29, 1.82) is 0 Å². The number of aromatic nitrogens is 2. The predicted molar refractivity (Wildman–Crippen MR) is 59.8 cm³/mol. The minimum atomic E-state index is -4.43. The zero-order valence-corrected chi connectivity index (χ0v) is 9.96. The molecule has 1 aromatic rings. The van der Waals surface area contributed by atoms with Crippen LogP contribution in [0, 0.1) is 0 Å². The molecule has 0 radical (unpaired) electrons. The highest BCUT2D eigenvalue weighted by atomic mass is 19.4. The lowest BCUT2D eigenvalue weighted by Gasteiger charge is -2.25. The Morgan fingerprint density at radius 3 is 2.24 bits per heavy atom. The Bertz CT molecular complexity index is 346. The molecule has 0 unspecified atom stereocenters. The van der Waals surface area contributed by atoms with Crippen molar-refractivity contribution >= 4 is 5.69 Å². The second-order valence-electron chi connectivity index (χ2n) is 3.74. The summed E-state index contributed by atoms with van der Waals surface area (Å²) in [6.45, 7) is 5.01. The van der Waals surface area contributed by atoms with Crippen molar-refractivity contribution < 1.29 is 13.2 Å². The number of hydrogen-bond acceptors (Lipinski definition) is 3. The summed E-state index contributed by atoms with van der Waals surface area (Å²) in [5, 5.41) is 0. The zero-order valence-electron chi connectivity index (χ0n) is 9.96. The standard InChI is InChI=1S/C11H16F3N3/c1-3-5-17(6-4-2)9-7-15-8-16-10(9)11(12,13)14/h7-8H,3-6H2,1-2H3. The van der Waals surface area contributed by atoms with Crippen molar-refractivity contribution in [2.24, 2.45) is 0 Å². The summed E-state index contributed by atoms with van der Waals surface area (Å²) < 4.78 is 38.3. The summed E-state index contributed by atoms with van der Waals surface area (Å²) in [5.74, 6) is 0. The lowest BCUT2D eigenvalue weighted by atomic mass is 10.2. The number of anilines is 1. The highest BCUT2D eigenvalue weighted by Crippen LogP contribution is 2.34. The fourth-order valence-electron chi connectivity index (χ4n) is 1.66. The number of hydrogen-bond donors (Lipinski definition) is 0. The van der Waals surface area contributed by atoms with Gasteiger partial charge in [0.15, 0.2) is 5.69 Å². The van der Waals surface area contributed by atoms with E-state index < -0.39 is 11.9 Å². The van der Waals surface area contributed by atoms with Gasteiger partial charge in [0.1, 0.15) is 6.33 Å². The van der Waals surface area contributed by atoms with Crippen molar-refractivity contribution in [3.8, 4) is 0 Å². The molecule has 96 valence electrons. The molecule has 0 N–H and O–H groups in total. The lowest BCUT2D eigenvalue weighted by molar-refractivity contribution is -0.140. The molecule has 3 nitrogen and oxygen atoms in total. The van der Waals surface area contributed by atoms with Gasteiger partial charge in [0.25, 0.3) is 0 Å². The summed E-state index contributed by atoms with van der Waals surface area (Å²) >= 11 is 0. The number of alkyl halides is 3. The van der Waals surface area contributed by atoms with E-state index in [4.69, 9.17) is 0 Å². The van der Waals surface area contributed by atoms with E-state index in [2.05, 4.69) is 9.97 Å². The van der Waals surface area contributed by atoms with Crippen LogP contribution in [-0.4, -0.2) is 23.1 Å². The van der Waals surface area contributed by atoms with Gasteiger partial charge < -0.3 is 4.90 Å². The SMILES string of the molecule is CCCN(CCC)c1cncnc1C(F)(F)F. The Balaban J connectivity index is 3.09. The zero-order chi connectivity index (χ0) is 12.9. The molecule has 1 rings (SSSR count). The number of nitrogens with zero attached hydrogens (tertiary/aromatic N) is 3. The second-order valence-corrected chi connectivity index (χ2v) is 3.74. The predicted octanol–water partition coefficient (Wildman–Crippen LogP) is 3.12. The van der Waals surface area contributed by atoms with Gasteiger partial charge in [0.2, 0.25) is 0 Å². The second kappa shape index (κ2) is 5.84. The van der Waals surface area contributed by atoms with Crippen LogP contribution in [0.25, 0.3) is 0 Å². The van der Waals surface area contributed by atoms with Gasteiger partial charge in [-0.25, -0.2) is 9.97 Å². The molecule has 6 heteroatoms. The highest BCUT2D eigenvalue weighted by molar-refractivity contribution is 5.49. The Hall–Kier alpha value is -1.33. The van der Waals surface area contributed by atoms with E-state index in [1.165, 1.54) is 6.20 Å². The fraction of sp³-hybridized carbons (Fsp3) is 0.636. The molecule has 0 saturated heterocycles. The van der Waals surface area contributed by atoms with Crippen molar-refractivity contribution in [2.45, 2.75) is 32.9 Å². The Kier molecular flexibility index (Phi) is 4.72. The molecular formula is C11H16F3N3. The Labute approximate surface area is 98.7 Å². The van der Waals surface area contributed by atoms with Gasteiger partial charge >= 0.3 is 6.18 Å². The third kappa shape index (κ3) is 3.57. The lowest BCUT2D eigenvalue weighted by Crippen LogP contribution is -2.28. The number of rotatable bonds is 5. The van der Waals surface area contributed by atoms with Crippen LogP contribution in [0.5, 0.6) is 0 Å². The first kappa shape index (κ1) is 13.7. The van der Waals surface area contributed by atoms with Crippen LogP contribution in [0.2, 0.25) is 0 Å². The molecule has 0 spiro atoms. The van der Waals surface area contributed by atoms with Crippen molar-refractivity contribution in [3.63, 3.8) is 0 Å². The first-order valence-electron chi connectivity index (χ1n) is 5.62. The summed E-state index contributed by atoms with van der Waals surface area (Å²) in [6, 6.07) is 0. The molecular weight excluding hydrogens is 231 g/mol. The van der Waals surface area contributed by atoms with E-state index in [1.807, 2.05) is 13.8 Å². The summed E-state index contributed by atoms with van der Waals surface area (Å²) in [4.78, 5) is 8.73. The van der Waals surface area contributed by atoms with E-state index in [-0.39, 0.29) is 5.69 Å². The third-order valence-corrected chi connectivity index (χ3v) is 2.29. The minimum Gasteiger partial charge on any atom is -0.369 e. The average Bonchev–Trinajstić information content (AvgIpc) is 2.28. The average molecular weight is 247 g/mol. The quantitative estimate of drug-likeness (QED) is 0.800. The van der Waals surface area contributed by atoms with Gasteiger partial charge in [-0.2, -0.15) is 13.2 Å². The van der Waals surface area contributed by atoms with E-state index in [0.717, 1.165) is 19.2 Å². The van der Waals surface area contributed by atoms with Gasteiger partial charge in [-0.1, -0.05) is 13.8 Å². The molecule has 0 aliphatic carbocycles. The van der Waals surface area contributed by atoms with Crippen molar-refractivity contribution in [2.75, 3.05) is 18.0 Å². The third-order valence-electron chi connectivity index (χ3n) is 2.29. The molecule has 0 saturated carbocycles. The normalized spacial score (nSPS) is 11.6. The molecule has 0 fully saturated rings. The van der Waals surface area contributed by atoms with E-state index in [9.17, 15) is 13.2 Å². The van der Waals surface area contributed by atoms with E-state index in [0.29, 0.717) is 13.1 Å². The largest absolute Gasteiger partial charge is 0.435 e. The maximum atomic E-state index is 12.8. The van der Waals surface area contributed by atoms with Crippen LogP contribution >= 0.6 is 0 Å². The first-order chi connectivity index (χ1) is 8.00. The number of halogens is 3. The monoisotopic (exact) mass is 247 g/mol. The van der Waals surface area contributed by atoms with Crippen LogP contribution in [0.4, 0.5) is 18.9 Å². The molecule has 0 atom stereocenters. The highest BCUT2D eigenvalue weighted by Gasteiger charge is 2.36. The van der Waals surface area contributed by atoms with Gasteiger partial charge in [-0.05, 0) is 12.8 Å². The maximum Gasteiger partial charge on any atom is 0.435 e. The Morgan fingerprint density at radius 2 is 1.76 bits per heavy atom. The van der Waals surface area contributed by atoms with Crippen LogP contribution in [0.3, 0.4) is 0 Å². The summed E-state index contributed by atoms with van der Waals surface area (Å²) in [5.41, 5.74) is -0.780. The first-order valence-corrected chi connectivity index (χ1v) is 5.62. The Morgan fingerprint density at radius 1 is 1.18 bits per heavy atom. The van der Waals surface area contributed by atoms with Crippen molar-refractivity contribution in [1.82, 2.24) is 9.97 Å². The molecule has 0 bridgehead atoms. The molecule has 0 aliphatic rings. The molecule has 0 amide bonds. The van der Waals surface area contributed by atoms with Crippen LogP contribution < -0.4 is 4.90 Å².